The molecule has 0 spiro atoms. The second-order valence-electron chi connectivity index (χ2n) is 7.81. The SMILES string of the molecule is CC(=O)/C=C(/C)O.N#Cc1cc(-c2nccc3c2ccc2c(F)cccc23)[c-]c2ccccc12.[Ir]. The molecular weight excluding hydrogens is 620 g/mol. The number of halogens is 1. The molecule has 0 unspecified atom stereocenters. The van der Waals surface area contributed by atoms with Gasteiger partial charge in [0.05, 0.1) is 11.8 Å². The molecule has 1 radical (unpaired) electrons. The Hall–Kier alpha value is -3.91. The normalized spacial score (nSPS) is 10.9. The Morgan fingerprint density at radius 2 is 1.66 bits per heavy atom. The number of aliphatic hydroxyl groups excluding tert-OH is 1. The molecule has 6 heteroatoms. The van der Waals surface area contributed by atoms with Gasteiger partial charge in [-0.25, -0.2) is 4.39 Å². The van der Waals surface area contributed by atoms with E-state index in [0.717, 1.165) is 38.2 Å². The second-order valence-corrected chi connectivity index (χ2v) is 7.81. The molecular formula is C29H20FIrN2O2-. The summed E-state index contributed by atoms with van der Waals surface area (Å²) in [6, 6.07) is 25.8. The summed E-state index contributed by atoms with van der Waals surface area (Å²) in [7, 11) is 0. The average molecular weight is 640 g/mol. The van der Waals surface area contributed by atoms with Crippen LogP contribution in [-0.4, -0.2) is 15.9 Å². The number of ketones is 1. The zero-order chi connectivity index (χ0) is 24.2. The fraction of sp³-hybridized carbons (Fsp3) is 0.0690. The number of fused-ring (bicyclic) bond motifs is 4. The molecule has 1 aromatic heterocycles. The summed E-state index contributed by atoms with van der Waals surface area (Å²) in [5.74, 6) is -0.302. The summed E-state index contributed by atoms with van der Waals surface area (Å²) in [5.41, 5.74) is 2.08. The Morgan fingerprint density at radius 3 is 2.34 bits per heavy atom. The molecule has 5 aromatic rings. The van der Waals surface area contributed by atoms with Crippen molar-refractivity contribution in [2.24, 2.45) is 0 Å². The average Bonchev–Trinajstić information content (AvgIpc) is 2.82. The minimum Gasteiger partial charge on any atom is -0.512 e. The number of aliphatic hydroxyl groups is 1. The molecule has 0 aliphatic carbocycles. The Balaban J connectivity index is 0.000000378. The van der Waals surface area contributed by atoms with Crippen LogP contribution in [0.5, 0.6) is 0 Å². The number of benzene rings is 4. The molecule has 0 atom stereocenters. The van der Waals surface area contributed by atoms with Crippen molar-refractivity contribution in [3.63, 3.8) is 0 Å². The quantitative estimate of drug-likeness (QED) is 0.0973. The standard InChI is InChI=1S/C24H12FN2.C5H8O2.Ir/c25-23-7-3-6-19-20-10-11-27-24(22(20)9-8-21(19)23)16-12-15-4-1-2-5-18(15)17(13-16)14-26;1-4(6)3-5(2)7;/h1-11,13H;3,6H,1-2H3;/q-1;;/b;4-3-;. The third-order valence-corrected chi connectivity index (χ3v) is 5.31. The maximum atomic E-state index is 14.2. The van der Waals surface area contributed by atoms with Crippen LogP contribution >= 0.6 is 0 Å². The summed E-state index contributed by atoms with van der Waals surface area (Å²) in [4.78, 5) is 14.6. The van der Waals surface area contributed by atoms with Crippen molar-refractivity contribution >= 4 is 38.1 Å². The van der Waals surface area contributed by atoms with E-state index in [0.29, 0.717) is 10.9 Å². The van der Waals surface area contributed by atoms with Gasteiger partial charge < -0.3 is 5.11 Å². The summed E-state index contributed by atoms with van der Waals surface area (Å²) in [6.45, 7) is 2.85. The van der Waals surface area contributed by atoms with Gasteiger partial charge in [-0.2, -0.15) is 5.26 Å². The Labute approximate surface area is 215 Å². The smallest absolute Gasteiger partial charge is 0.155 e. The van der Waals surface area contributed by atoms with Gasteiger partial charge in [0.25, 0.3) is 0 Å². The van der Waals surface area contributed by atoms with Gasteiger partial charge in [-0.1, -0.05) is 53.4 Å². The van der Waals surface area contributed by atoms with Crippen LogP contribution in [0.25, 0.3) is 43.6 Å². The zero-order valence-corrected chi connectivity index (χ0v) is 21.4. The van der Waals surface area contributed by atoms with Crippen molar-refractivity contribution in [3.8, 4) is 17.3 Å². The van der Waals surface area contributed by atoms with Crippen LogP contribution in [0, 0.1) is 23.2 Å². The fourth-order valence-corrected chi connectivity index (χ4v) is 3.94. The molecule has 35 heavy (non-hydrogen) atoms. The molecule has 0 saturated heterocycles. The second kappa shape index (κ2) is 11.0. The minimum atomic E-state index is -0.239. The number of pyridine rings is 1. The van der Waals surface area contributed by atoms with E-state index in [4.69, 9.17) is 5.11 Å². The van der Waals surface area contributed by atoms with E-state index in [1.807, 2.05) is 48.5 Å². The molecule has 0 bridgehead atoms. The molecule has 0 aliphatic rings. The van der Waals surface area contributed by atoms with Gasteiger partial charge in [-0.05, 0) is 47.7 Å². The monoisotopic (exact) mass is 640 g/mol. The first kappa shape index (κ1) is 25.7. The number of hydrogen-bond donors (Lipinski definition) is 1. The molecule has 0 fully saturated rings. The number of carbonyl (C=O) groups is 1. The van der Waals surface area contributed by atoms with Gasteiger partial charge in [0, 0.05) is 43.5 Å². The van der Waals surface area contributed by atoms with Gasteiger partial charge in [0.1, 0.15) is 5.82 Å². The first-order chi connectivity index (χ1) is 16.4. The van der Waals surface area contributed by atoms with Crippen LogP contribution in [0.15, 0.2) is 84.8 Å². The largest absolute Gasteiger partial charge is 0.512 e. The summed E-state index contributed by atoms with van der Waals surface area (Å²) in [5, 5.41) is 22.9. The molecule has 0 aliphatic heterocycles. The van der Waals surface area contributed by atoms with E-state index in [1.54, 1.807) is 18.3 Å². The number of rotatable bonds is 2. The van der Waals surface area contributed by atoms with Crippen LogP contribution in [0.3, 0.4) is 0 Å². The molecule has 0 saturated carbocycles. The fourth-order valence-electron chi connectivity index (χ4n) is 3.94. The summed E-state index contributed by atoms with van der Waals surface area (Å²) < 4.78 is 14.2. The van der Waals surface area contributed by atoms with E-state index >= 15 is 0 Å². The van der Waals surface area contributed by atoms with E-state index in [-0.39, 0.29) is 37.5 Å². The third kappa shape index (κ3) is 5.44. The predicted molar refractivity (Wildman–Crippen MR) is 133 cm³/mol. The van der Waals surface area contributed by atoms with Gasteiger partial charge in [0.15, 0.2) is 5.78 Å². The number of allylic oxidation sites excluding steroid dienone is 2. The van der Waals surface area contributed by atoms with E-state index in [1.165, 1.54) is 26.0 Å². The van der Waals surface area contributed by atoms with Crippen molar-refractivity contribution in [2.45, 2.75) is 13.8 Å². The van der Waals surface area contributed by atoms with E-state index in [9.17, 15) is 14.4 Å². The first-order valence-electron chi connectivity index (χ1n) is 10.6. The van der Waals surface area contributed by atoms with Gasteiger partial charge in [0.2, 0.25) is 0 Å². The predicted octanol–water partition coefficient (Wildman–Crippen LogP) is 7.05. The number of nitrogens with zero attached hydrogens (tertiary/aromatic N) is 2. The van der Waals surface area contributed by atoms with E-state index < -0.39 is 0 Å². The maximum absolute atomic E-state index is 14.2. The molecule has 175 valence electrons. The first-order valence-corrected chi connectivity index (χ1v) is 10.6. The van der Waals surface area contributed by atoms with Crippen LogP contribution in [0.4, 0.5) is 4.39 Å². The summed E-state index contributed by atoms with van der Waals surface area (Å²) in [6.07, 6.45) is 2.89. The molecule has 1 heterocycles. The van der Waals surface area contributed by atoms with Crippen molar-refractivity contribution < 1.29 is 34.4 Å². The minimum absolute atomic E-state index is 0. The van der Waals surface area contributed by atoms with Crippen molar-refractivity contribution in [3.05, 3.63) is 102 Å². The third-order valence-electron chi connectivity index (χ3n) is 5.31. The van der Waals surface area contributed by atoms with Crippen LogP contribution < -0.4 is 0 Å². The molecule has 5 rings (SSSR count). The number of carbonyl (C=O) groups excluding carboxylic acids is 1. The Morgan fingerprint density at radius 1 is 0.971 bits per heavy atom. The maximum Gasteiger partial charge on any atom is 0.155 e. The van der Waals surface area contributed by atoms with Crippen molar-refractivity contribution in [1.29, 1.82) is 5.26 Å². The van der Waals surface area contributed by atoms with Crippen molar-refractivity contribution in [1.82, 2.24) is 4.98 Å². The zero-order valence-electron chi connectivity index (χ0n) is 19.0. The molecule has 4 nitrogen and oxygen atoms in total. The Kier molecular flexibility index (Phi) is 8.09. The van der Waals surface area contributed by atoms with Crippen LogP contribution in [-0.2, 0) is 24.9 Å². The van der Waals surface area contributed by atoms with Crippen LogP contribution in [0.1, 0.15) is 19.4 Å². The van der Waals surface area contributed by atoms with Crippen molar-refractivity contribution in [2.75, 3.05) is 0 Å². The van der Waals surface area contributed by atoms with Gasteiger partial charge in [-0.15, -0.1) is 23.6 Å². The van der Waals surface area contributed by atoms with Gasteiger partial charge in [-0.3, -0.25) is 9.78 Å². The number of nitriles is 1. The molecule has 1 N–H and O–H groups in total. The van der Waals surface area contributed by atoms with E-state index in [2.05, 4.69) is 17.1 Å². The number of aromatic nitrogens is 1. The van der Waals surface area contributed by atoms with Crippen LogP contribution in [0.2, 0.25) is 0 Å². The van der Waals surface area contributed by atoms with Gasteiger partial charge >= 0.3 is 0 Å². The topological polar surface area (TPSA) is 74.0 Å². The molecule has 0 amide bonds. The summed E-state index contributed by atoms with van der Waals surface area (Å²) >= 11 is 0. The Bertz CT molecular complexity index is 1630. The molecule has 4 aromatic carbocycles. The number of hydrogen-bond acceptors (Lipinski definition) is 4.